The summed E-state index contributed by atoms with van der Waals surface area (Å²) in [5.41, 5.74) is 0.964. The van der Waals surface area contributed by atoms with Crippen molar-refractivity contribution < 1.29 is 4.74 Å². The van der Waals surface area contributed by atoms with E-state index in [4.69, 9.17) is 39.5 Å². The molecule has 0 bridgehead atoms. The van der Waals surface area contributed by atoms with Gasteiger partial charge in [-0.1, -0.05) is 41.7 Å². The van der Waals surface area contributed by atoms with Crippen LogP contribution in [0.2, 0.25) is 15.1 Å². The van der Waals surface area contributed by atoms with Crippen LogP contribution in [0.5, 0.6) is 0 Å². The van der Waals surface area contributed by atoms with Gasteiger partial charge in [-0.25, -0.2) is 0 Å². The van der Waals surface area contributed by atoms with Crippen LogP contribution in [0.25, 0.3) is 0 Å². The fourth-order valence-corrected chi connectivity index (χ4v) is 3.01. The third-order valence-electron chi connectivity index (χ3n) is 3.33. The zero-order chi connectivity index (χ0) is 12.6. The van der Waals surface area contributed by atoms with Gasteiger partial charge < -0.3 is 4.74 Å². The van der Waals surface area contributed by atoms with Crippen LogP contribution in [0.1, 0.15) is 38.2 Å². The summed E-state index contributed by atoms with van der Waals surface area (Å²) in [5.74, 6) is 0.309. The molecule has 4 heteroatoms. The van der Waals surface area contributed by atoms with Crippen molar-refractivity contribution in [2.75, 3.05) is 0 Å². The minimum Gasteiger partial charge on any atom is -0.370 e. The zero-order valence-electron chi connectivity index (χ0n) is 9.84. The molecule has 1 saturated heterocycles. The van der Waals surface area contributed by atoms with Crippen LogP contribution in [0.4, 0.5) is 0 Å². The molecular weight excluding hydrogens is 279 g/mol. The average molecular weight is 294 g/mol. The summed E-state index contributed by atoms with van der Waals surface area (Å²) < 4.78 is 5.46. The Hall–Kier alpha value is 0.0500. The van der Waals surface area contributed by atoms with Crippen molar-refractivity contribution in [3.8, 4) is 0 Å². The third kappa shape index (κ3) is 2.90. The molecule has 0 saturated carbocycles. The fourth-order valence-electron chi connectivity index (χ4n) is 2.16. The van der Waals surface area contributed by atoms with Gasteiger partial charge in [0.15, 0.2) is 0 Å². The number of halogens is 3. The van der Waals surface area contributed by atoms with Crippen molar-refractivity contribution in [2.24, 2.45) is 0 Å². The first-order valence-corrected chi connectivity index (χ1v) is 6.96. The van der Waals surface area contributed by atoms with E-state index in [9.17, 15) is 0 Å². The highest BCUT2D eigenvalue weighted by molar-refractivity contribution is 6.44. The Morgan fingerprint density at radius 3 is 2.35 bits per heavy atom. The number of epoxide rings is 1. The van der Waals surface area contributed by atoms with E-state index in [0.29, 0.717) is 33.2 Å². The Labute approximate surface area is 117 Å². The van der Waals surface area contributed by atoms with Crippen molar-refractivity contribution in [2.45, 2.75) is 44.8 Å². The summed E-state index contributed by atoms with van der Waals surface area (Å²) in [6.07, 6.45) is 2.64. The molecule has 0 aliphatic carbocycles. The molecule has 1 heterocycles. The zero-order valence-corrected chi connectivity index (χ0v) is 12.1. The van der Waals surface area contributed by atoms with Crippen molar-refractivity contribution in [1.82, 2.24) is 0 Å². The van der Waals surface area contributed by atoms with E-state index < -0.39 is 0 Å². The monoisotopic (exact) mass is 292 g/mol. The quantitative estimate of drug-likeness (QED) is 0.541. The van der Waals surface area contributed by atoms with E-state index in [-0.39, 0.29) is 0 Å². The number of ether oxygens (including phenoxy) is 1. The van der Waals surface area contributed by atoms with E-state index in [1.54, 1.807) is 6.07 Å². The molecule has 0 spiro atoms. The largest absolute Gasteiger partial charge is 0.370 e. The van der Waals surface area contributed by atoms with Gasteiger partial charge in [-0.05, 0) is 43.4 Å². The topological polar surface area (TPSA) is 12.5 Å². The smallest absolute Gasteiger partial charge is 0.0844 e. The average Bonchev–Trinajstić information content (AvgIpc) is 2.99. The summed E-state index contributed by atoms with van der Waals surface area (Å²) in [5, 5.41) is 1.84. The molecule has 1 aromatic carbocycles. The maximum absolute atomic E-state index is 6.26. The highest BCUT2D eigenvalue weighted by atomic mass is 35.5. The predicted octanol–water partition coefficient (Wildman–Crippen LogP) is 5.32. The minimum absolute atomic E-state index is 0.309. The van der Waals surface area contributed by atoms with Gasteiger partial charge in [-0.2, -0.15) is 0 Å². The molecule has 1 aliphatic heterocycles. The molecule has 2 rings (SSSR count). The minimum atomic E-state index is 0.309. The van der Waals surface area contributed by atoms with Crippen LogP contribution in [-0.2, 0) is 4.74 Å². The maximum Gasteiger partial charge on any atom is 0.0844 e. The second-order valence-electron chi connectivity index (χ2n) is 4.48. The lowest BCUT2D eigenvalue weighted by Crippen LogP contribution is -2.05. The molecule has 0 N–H and O–H groups in total. The van der Waals surface area contributed by atoms with E-state index in [1.807, 2.05) is 6.07 Å². The SMILES string of the molecule is CCC(CC1OC1C)c1c(Cl)ccc(Cl)c1Cl. The summed E-state index contributed by atoms with van der Waals surface area (Å²) >= 11 is 18.5. The Bertz CT molecular complexity index is 419. The molecule has 1 fully saturated rings. The first kappa shape index (κ1) is 13.5. The predicted molar refractivity (Wildman–Crippen MR) is 73.5 cm³/mol. The van der Waals surface area contributed by atoms with Crippen molar-refractivity contribution in [3.05, 3.63) is 32.8 Å². The van der Waals surface area contributed by atoms with Gasteiger partial charge in [0.05, 0.1) is 22.3 Å². The van der Waals surface area contributed by atoms with E-state index in [2.05, 4.69) is 13.8 Å². The van der Waals surface area contributed by atoms with Gasteiger partial charge in [-0.15, -0.1) is 0 Å². The first-order chi connectivity index (χ1) is 8.04. The summed E-state index contributed by atoms with van der Waals surface area (Å²) in [6.45, 7) is 4.21. The normalized spacial score (nSPS) is 24.8. The lowest BCUT2D eigenvalue weighted by molar-refractivity contribution is 0.357. The van der Waals surface area contributed by atoms with E-state index >= 15 is 0 Å². The van der Waals surface area contributed by atoms with Crippen molar-refractivity contribution in [3.63, 3.8) is 0 Å². The Balaban J connectivity index is 2.26. The van der Waals surface area contributed by atoms with Gasteiger partial charge in [0.1, 0.15) is 0 Å². The van der Waals surface area contributed by atoms with E-state index in [0.717, 1.165) is 18.4 Å². The number of benzene rings is 1. The molecule has 94 valence electrons. The summed E-state index contributed by atoms with van der Waals surface area (Å²) in [7, 11) is 0. The third-order valence-corrected chi connectivity index (χ3v) is 4.48. The van der Waals surface area contributed by atoms with Gasteiger partial charge in [-0.3, -0.25) is 0 Å². The van der Waals surface area contributed by atoms with Gasteiger partial charge >= 0.3 is 0 Å². The standard InChI is InChI=1S/C13H15Cl3O/c1-3-8(6-11-7(2)17-11)12-9(14)4-5-10(15)13(12)16/h4-5,7-8,11H,3,6H2,1-2H3. The highest BCUT2D eigenvalue weighted by Gasteiger charge is 2.36. The van der Waals surface area contributed by atoms with Gasteiger partial charge in [0.25, 0.3) is 0 Å². The Morgan fingerprint density at radius 1 is 1.24 bits per heavy atom. The Morgan fingerprint density at radius 2 is 1.82 bits per heavy atom. The molecule has 17 heavy (non-hydrogen) atoms. The number of hydrogen-bond donors (Lipinski definition) is 0. The number of rotatable bonds is 4. The van der Waals surface area contributed by atoms with Crippen LogP contribution >= 0.6 is 34.8 Å². The molecule has 3 unspecified atom stereocenters. The van der Waals surface area contributed by atoms with Crippen LogP contribution in [0.15, 0.2) is 12.1 Å². The first-order valence-electron chi connectivity index (χ1n) is 5.83. The lowest BCUT2D eigenvalue weighted by atomic mass is 9.91. The van der Waals surface area contributed by atoms with Crippen LogP contribution in [0.3, 0.4) is 0 Å². The molecule has 1 aromatic rings. The summed E-state index contributed by atoms with van der Waals surface area (Å²) in [6, 6.07) is 3.55. The van der Waals surface area contributed by atoms with Crippen LogP contribution in [-0.4, -0.2) is 12.2 Å². The molecule has 0 radical (unpaired) electrons. The van der Waals surface area contributed by atoms with Crippen molar-refractivity contribution >= 4 is 34.8 Å². The van der Waals surface area contributed by atoms with Crippen molar-refractivity contribution in [1.29, 1.82) is 0 Å². The van der Waals surface area contributed by atoms with E-state index in [1.165, 1.54) is 0 Å². The molecule has 0 aromatic heterocycles. The molecule has 0 amide bonds. The highest BCUT2D eigenvalue weighted by Crippen LogP contribution is 2.42. The summed E-state index contributed by atoms with van der Waals surface area (Å²) in [4.78, 5) is 0. The van der Waals surface area contributed by atoms with Crippen LogP contribution < -0.4 is 0 Å². The fraction of sp³-hybridized carbons (Fsp3) is 0.538. The second-order valence-corrected chi connectivity index (χ2v) is 5.67. The lowest BCUT2D eigenvalue weighted by Gasteiger charge is -2.18. The molecular formula is C13H15Cl3O. The maximum atomic E-state index is 6.26. The van der Waals surface area contributed by atoms with Gasteiger partial charge in [0, 0.05) is 5.02 Å². The molecule has 1 nitrogen and oxygen atoms in total. The second kappa shape index (κ2) is 5.36. The van der Waals surface area contributed by atoms with Gasteiger partial charge in [0.2, 0.25) is 0 Å². The molecule has 1 aliphatic rings. The van der Waals surface area contributed by atoms with Crippen LogP contribution in [0, 0.1) is 0 Å². The number of hydrogen-bond acceptors (Lipinski definition) is 1. The Kier molecular flexibility index (Phi) is 4.25. The molecule has 3 atom stereocenters.